The van der Waals surface area contributed by atoms with Crippen molar-refractivity contribution in [3.05, 3.63) is 34.6 Å². The van der Waals surface area contributed by atoms with Crippen molar-refractivity contribution < 1.29 is 23.8 Å². The summed E-state index contributed by atoms with van der Waals surface area (Å²) in [6.45, 7) is 5.73. The number of benzene rings is 1. The maximum absolute atomic E-state index is 13.6. The summed E-state index contributed by atoms with van der Waals surface area (Å²) in [5, 5.41) is 11.6. The fraction of sp³-hybridized carbons (Fsp3) is 0.500. The SMILES string of the molecule is CC(C)(C)OCCC(NC(=O)Cc1c(F)cccc1Cl)C(=O)O. The number of amides is 1. The molecule has 0 aliphatic carbocycles. The van der Waals surface area contributed by atoms with Crippen LogP contribution in [0.5, 0.6) is 0 Å². The molecule has 0 fully saturated rings. The largest absolute Gasteiger partial charge is 0.480 e. The van der Waals surface area contributed by atoms with Crippen molar-refractivity contribution >= 4 is 23.5 Å². The normalized spacial score (nSPS) is 12.7. The lowest BCUT2D eigenvalue weighted by Gasteiger charge is -2.21. The minimum atomic E-state index is -1.17. The molecule has 1 rings (SSSR count). The van der Waals surface area contributed by atoms with Crippen molar-refractivity contribution in [2.75, 3.05) is 6.61 Å². The lowest BCUT2D eigenvalue weighted by molar-refractivity contribution is -0.142. The van der Waals surface area contributed by atoms with Gasteiger partial charge in [0.05, 0.1) is 12.0 Å². The first-order chi connectivity index (χ1) is 10.6. The van der Waals surface area contributed by atoms with E-state index in [2.05, 4.69) is 5.32 Å². The van der Waals surface area contributed by atoms with Gasteiger partial charge in [0, 0.05) is 23.6 Å². The highest BCUT2D eigenvalue weighted by Gasteiger charge is 2.22. The van der Waals surface area contributed by atoms with Crippen LogP contribution in [-0.4, -0.2) is 35.2 Å². The summed E-state index contributed by atoms with van der Waals surface area (Å²) in [6.07, 6.45) is -0.210. The summed E-state index contributed by atoms with van der Waals surface area (Å²) < 4.78 is 19.1. The van der Waals surface area contributed by atoms with E-state index in [-0.39, 0.29) is 30.0 Å². The maximum Gasteiger partial charge on any atom is 0.326 e. The summed E-state index contributed by atoms with van der Waals surface area (Å²) in [5.74, 6) is -2.38. The number of aliphatic carboxylic acids is 1. The minimum Gasteiger partial charge on any atom is -0.480 e. The van der Waals surface area contributed by atoms with Crippen LogP contribution in [-0.2, 0) is 20.7 Å². The van der Waals surface area contributed by atoms with Crippen LogP contribution in [0.1, 0.15) is 32.8 Å². The molecule has 0 aromatic heterocycles. The summed E-state index contributed by atoms with van der Waals surface area (Å²) in [4.78, 5) is 23.2. The summed E-state index contributed by atoms with van der Waals surface area (Å²) in [5.41, 5.74) is -0.352. The van der Waals surface area contributed by atoms with Crippen LogP contribution in [0.2, 0.25) is 5.02 Å². The minimum absolute atomic E-state index is 0.0433. The molecule has 128 valence electrons. The Morgan fingerprint density at radius 1 is 1.39 bits per heavy atom. The smallest absolute Gasteiger partial charge is 0.326 e. The van der Waals surface area contributed by atoms with Crippen molar-refractivity contribution in [1.29, 1.82) is 0 Å². The van der Waals surface area contributed by atoms with E-state index in [4.69, 9.17) is 21.4 Å². The van der Waals surface area contributed by atoms with Gasteiger partial charge in [0.25, 0.3) is 0 Å². The van der Waals surface area contributed by atoms with Crippen LogP contribution < -0.4 is 5.32 Å². The topological polar surface area (TPSA) is 75.6 Å². The van der Waals surface area contributed by atoms with Gasteiger partial charge in [0.1, 0.15) is 11.9 Å². The van der Waals surface area contributed by atoms with Gasteiger partial charge in [-0.15, -0.1) is 0 Å². The number of carboxylic acid groups (broad SMARTS) is 1. The highest BCUT2D eigenvalue weighted by molar-refractivity contribution is 6.31. The number of hydrogen-bond acceptors (Lipinski definition) is 3. The zero-order valence-corrected chi connectivity index (χ0v) is 14.1. The average molecular weight is 346 g/mol. The average Bonchev–Trinajstić information content (AvgIpc) is 2.40. The predicted octanol–water partition coefficient (Wildman–Crippen LogP) is 2.80. The quantitative estimate of drug-likeness (QED) is 0.796. The van der Waals surface area contributed by atoms with Gasteiger partial charge in [-0.2, -0.15) is 0 Å². The number of ether oxygens (including phenoxy) is 1. The monoisotopic (exact) mass is 345 g/mol. The van der Waals surface area contributed by atoms with E-state index in [1.807, 2.05) is 20.8 Å². The molecule has 0 aliphatic heterocycles. The number of carbonyl (C=O) groups is 2. The van der Waals surface area contributed by atoms with E-state index in [0.717, 1.165) is 0 Å². The van der Waals surface area contributed by atoms with Gasteiger partial charge in [0.15, 0.2) is 0 Å². The molecule has 0 saturated carbocycles. The molecule has 1 unspecified atom stereocenters. The molecule has 1 atom stereocenters. The second-order valence-electron chi connectivity index (χ2n) is 6.08. The summed E-state index contributed by atoms with van der Waals surface area (Å²) in [7, 11) is 0. The molecular weight excluding hydrogens is 325 g/mol. The van der Waals surface area contributed by atoms with Gasteiger partial charge < -0.3 is 15.2 Å². The number of hydrogen-bond donors (Lipinski definition) is 2. The standard InChI is InChI=1S/C16H21ClFNO4/c1-16(2,3)23-8-7-13(15(21)22)19-14(20)9-10-11(17)5-4-6-12(10)18/h4-6,13H,7-9H2,1-3H3,(H,19,20)(H,21,22). The molecule has 0 bridgehead atoms. The third-order valence-corrected chi connectivity index (χ3v) is 3.33. The van der Waals surface area contributed by atoms with Gasteiger partial charge in [0.2, 0.25) is 5.91 Å². The van der Waals surface area contributed by atoms with E-state index in [1.54, 1.807) is 0 Å². The Bertz CT molecular complexity index is 551. The van der Waals surface area contributed by atoms with E-state index in [0.29, 0.717) is 0 Å². The van der Waals surface area contributed by atoms with Gasteiger partial charge >= 0.3 is 5.97 Å². The Morgan fingerprint density at radius 3 is 2.57 bits per heavy atom. The lowest BCUT2D eigenvalue weighted by Crippen LogP contribution is -2.42. The van der Waals surface area contributed by atoms with Gasteiger partial charge in [-0.3, -0.25) is 4.79 Å². The number of carbonyl (C=O) groups excluding carboxylic acids is 1. The first-order valence-corrected chi connectivity index (χ1v) is 7.57. The molecule has 1 amide bonds. The first-order valence-electron chi connectivity index (χ1n) is 7.19. The summed E-state index contributed by atoms with van der Waals surface area (Å²) in [6, 6.07) is 3.00. The van der Waals surface area contributed by atoms with Crippen molar-refractivity contribution in [2.45, 2.75) is 45.3 Å². The molecule has 0 aliphatic rings. The molecule has 2 N–H and O–H groups in total. The molecule has 1 aromatic rings. The predicted molar refractivity (Wildman–Crippen MR) is 85.0 cm³/mol. The van der Waals surface area contributed by atoms with Crippen LogP contribution in [0.4, 0.5) is 4.39 Å². The van der Waals surface area contributed by atoms with Gasteiger partial charge in [-0.05, 0) is 32.9 Å². The van der Waals surface area contributed by atoms with Crippen LogP contribution in [0.3, 0.4) is 0 Å². The fourth-order valence-electron chi connectivity index (χ4n) is 1.85. The van der Waals surface area contributed by atoms with E-state index in [9.17, 15) is 14.0 Å². The fourth-order valence-corrected chi connectivity index (χ4v) is 2.08. The lowest BCUT2D eigenvalue weighted by atomic mass is 10.1. The zero-order valence-electron chi connectivity index (χ0n) is 13.4. The number of rotatable bonds is 7. The molecule has 0 radical (unpaired) electrons. The molecular formula is C16H21ClFNO4. The highest BCUT2D eigenvalue weighted by atomic mass is 35.5. The van der Waals surface area contributed by atoms with E-state index >= 15 is 0 Å². The van der Waals surface area contributed by atoms with E-state index in [1.165, 1.54) is 18.2 Å². The molecule has 0 heterocycles. The van der Waals surface area contributed by atoms with E-state index < -0.39 is 29.3 Å². The third kappa shape index (κ3) is 6.97. The van der Waals surface area contributed by atoms with Gasteiger partial charge in [-0.25, -0.2) is 9.18 Å². The summed E-state index contributed by atoms with van der Waals surface area (Å²) >= 11 is 5.85. The Hall–Kier alpha value is -1.66. The first kappa shape index (κ1) is 19.4. The maximum atomic E-state index is 13.6. The number of nitrogens with one attached hydrogen (secondary N) is 1. The second-order valence-corrected chi connectivity index (χ2v) is 6.49. The second kappa shape index (κ2) is 8.26. The molecule has 7 heteroatoms. The number of halogens is 2. The van der Waals surface area contributed by atoms with Crippen LogP contribution in [0.25, 0.3) is 0 Å². The number of carboxylic acids is 1. The Morgan fingerprint density at radius 2 is 2.04 bits per heavy atom. The Balaban J connectivity index is 2.63. The third-order valence-electron chi connectivity index (χ3n) is 2.97. The van der Waals surface area contributed by atoms with Crippen molar-refractivity contribution in [2.24, 2.45) is 0 Å². The van der Waals surface area contributed by atoms with Crippen LogP contribution in [0.15, 0.2) is 18.2 Å². The van der Waals surface area contributed by atoms with Crippen molar-refractivity contribution in [3.63, 3.8) is 0 Å². The van der Waals surface area contributed by atoms with Crippen molar-refractivity contribution in [3.8, 4) is 0 Å². The van der Waals surface area contributed by atoms with Crippen molar-refractivity contribution in [1.82, 2.24) is 5.32 Å². The molecule has 23 heavy (non-hydrogen) atoms. The highest BCUT2D eigenvalue weighted by Crippen LogP contribution is 2.19. The molecule has 5 nitrogen and oxygen atoms in total. The van der Waals surface area contributed by atoms with Gasteiger partial charge in [-0.1, -0.05) is 17.7 Å². The Labute approximate surface area is 139 Å². The Kier molecular flexibility index (Phi) is 6.97. The molecule has 0 spiro atoms. The zero-order chi connectivity index (χ0) is 17.6. The molecule has 1 aromatic carbocycles. The van der Waals surface area contributed by atoms with Crippen LogP contribution in [0, 0.1) is 5.82 Å². The van der Waals surface area contributed by atoms with Crippen LogP contribution >= 0.6 is 11.6 Å². The molecule has 0 saturated heterocycles.